The van der Waals surface area contributed by atoms with Crippen molar-refractivity contribution in [2.24, 2.45) is 11.5 Å². The molecule has 3 nitrogen and oxygen atoms in total. The van der Waals surface area contributed by atoms with E-state index in [4.69, 9.17) is 11.5 Å². The van der Waals surface area contributed by atoms with Crippen molar-refractivity contribution < 1.29 is 5.11 Å². The van der Waals surface area contributed by atoms with E-state index in [0.717, 1.165) is 24.8 Å². The van der Waals surface area contributed by atoms with Gasteiger partial charge < -0.3 is 16.6 Å². The Balaban J connectivity index is 2.16. The molecular formula is C13H20N2O. The second-order valence-corrected chi connectivity index (χ2v) is 4.89. The van der Waals surface area contributed by atoms with Crippen LogP contribution in [0.15, 0.2) is 24.3 Å². The van der Waals surface area contributed by atoms with Crippen molar-refractivity contribution >= 4 is 0 Å². The van der Waals surface area contributed by atoms with Gasteiger partial charge in [-0.15, -0.1) is 0 Å². The molecule has 88 valence electrons. The molecule has 1 aliphatic rings. The fourth-order valence-corrected chi connectivity index (χ4v) is 2.53. The summed E-state index contributed by atoms with van der Waals surface area (Å²) >= 11 is 0. The fourth-order valence-electron chi connectivity index (χ4n) is 2.53. The van der Waals surface area contributed by atoms with Crippen LogP contribution >= 0.6 is 0 Å². The molecule has 0 amide bonds. The molecule has 2 atom stereocenters. The summed E-state index contributed by atoms with van der Waals surface area (Å²) in [6.07, 6.45) is 4.91. The van der Waals surface area contributed by atoms with Gasteiger partial charge in [-0.05, 0) is 30.9 Å². The molecular weight excluding hydrogens is 200 g/mol. The van der Waals surface area contributed by atoms with Gasteiger partial charge in [-0.25, -0.2) is 0 Å². The third kappa shape index (κ3) is 2.20. The van der Waals surface area contributed by atoms with Gasteiger partial charge in [0, 0.05) is 11.6 Å². The summed E-state index contributed by atoms with van der Waals surface area (Å²) in [7, 11) is 0. The van der Waals surface area contributed by atoms with E-state index in [-0.39, 0.29) is 11.6 Å². The molecule has 0 spiro atoms. The average molecular weight is 220 g/mol. The van der Waals surface area contributed by atoms with Crippen molar-refractivity contribution in [3.05, 3.63) is 29.8 Å². The van der Waals surface area contributed by atoms with E-state index in [9.17, 15) is 5.11 Å². The van der Waals surface area contributed by atoms with Crippen LogP contribution in [0.1, 0.15) is 31.2 Å². The Morgan fingerprint density at radius 2 is 2.06 bits per heavy atom. The monoisotopic (exact) mass is 220 g/mol. The van der Waals surface area contributed by atoms with Gasteiger partial charge in [0.1, 0.15) is 5.75 Å². The van der Waals surface area contributed by atoms with Crippen LogP contribution < -0.4 is 11.5 Å². The summed E-state index contributed by atoms with van der Waals surface area (Å²) < 4.78 is 0. The molecule has 0 aromatic heterocycles. The summed E-state index contributed by atoms with van der Waals surface area (Å²) in [5.74, 6) is 0.324. The van der Waals surface area contributed by atoms with Gasteiger partial charge in [0.25, 0.3) is 0 Å². The lowest BCUT2D eigenvalue weighted by Gasteiger charge is -2.39. The Hall–Kier alpha value is -1.06. The fraction of sp³-hybridized carbons (Fsp3) is 0.538. The zero-order valence-corrected chi connectivity index (χ0v) is 9.52. The van der Waals surface area contributed by atoms with Gasteiger partial charge >= 0.3 is 0 Å². The zero-order valence-electron chi connectivity index (χ0n) is 9.52. The van der Waals surface area contributed by atoms with Gasteiger partial charge in [-0.2, -0.15) is 0 Å². The molecule has 2 rings (SSSR count). The van der Waals surface area contributed by atoms with Crippen LogP contribution in [0.3, 0.4) is 0 Å². The van der Waals surface area contributed by atoms with Crippen molar-refractivity contribution in [1.29, 1.82) is 0 Å². The van der Waals surface area contributed by atoms with Gasteiger partial charge in [0.15, 0.2) is 0 Å². The number of hydrogen-bond donors (Lipinski definition) is 3. The Labute approximate surface area is 96.5 Å². The minimum Gasteiger partial charge on any atom is -0.508 e. The topological polar surface area (TPSA) is 72.3 Å². The number of phenols is 1. The highest BCUT2D eigenvalue weighted by atomic mass is 16.3. The maximum Gasteiger partial charge on any atom is 0.118 e. The van der Waals surface area contributed by atoms with Crippen LogP contribution in [0, 0.1) is 0 Å². The molecule has 0 radical (unpaired) electrons. The van der Waals surface area contributed by atoms with Crippen molar-refractivity contribution in [1.82, 2.24) is 0 Å². The molecule has 0 heterocycles. The van der Waals surface area contributed by atoms with E-state index in [1.807, 2.05) is 18.2 Å². The highest BCUT2D eigenvalue weighted by Crippen LogP contribution is 2.30. The predicted octanol–water partition coefficient (Wildman–Crippen LogP) is 1.53. The van der Waals surface area contributed by atoms with Crippen molar-refractivity contribution in [3.8, 4) is 5.75 Å². The minimum absolute atomic E-state index is 0.0425. The first-order valence-electron chi connectivity index (χ1n) is 5.93. The predicted molar refractivity (Wildman–Crippen MR) is 65.2 cm³/mol. The SMILES string of the molecule is NC1CCCCC1(N)Cc1ccccc1O. The first-order valence-corrected chi connectivity index (χ1v) is 5.93. The summed E-state index contributed by atoms with van der Waals surface area (Å²) in [5, 5.41) is 9.75. The highest BCUT2D eigenvalue weighted by molar-refractivity contribution is 5.33. The number of hydrogen-bond acceptors (Lipinski definition) is 3. The highest BCUT2D eigenvalue weighted by Gasteiger charge is 2.35. The Morgan fingerprint density at radius 1 is 1.31 bits per heavy atom. The van der Waals surface area contributed by atoms with Crippen molar-refractivity contribution in [2.75, 3.05) is 0 Å². The number of rotatable bonds is 2. The maximum atomic E-state index is 9.75. The average Bonchev–Trinajstić information content (AvgIpc) is 2.26. The quantitative estimate of drug-likeness (QED) is 0.707. The number of phenolic OH excluding ortho intramolecular Hbond substituents is 1. The smallest absolute Gasteiger partial charge is 0.118 e. The molecule has 0 saturated heterocycles. The molecule has 1 aromatic rings. The van der Waals surface area contributed by atoms with Crippen LogP contribution in [0.25, 0.3) is 0 Å². The molecule has 2 unspecified atom stereocenters. The van der Waals surface area contributed by atoms with Crippen LogP contribution in [-0.4, -0.2) is 16.7 Å². The molecule has 0 bridgehead atoms. The van der Waals surface area contributed by atoms with E-state index in [2.05, 4.69) is 0 Å². The molecule has 1 saturated carbocycles. The standard InChI is InChI=1S/C13H20N2O/c14-12-7-3-4-8-13(12,15)9-10-5-1-2-6-11(10)16/h1-2,5-6,12,16H,3-4,7-9,14-15H2. The van der Waals surface area contributed by atoms with E-state index in [1.54, 1.807) is 6.07 Å². The summed E-state index contributed by atoms with van der Waals surface area (Å²) in [6.45, 7) is 0. The third-order valence-electron chi connectivity index (χ3n) is 3.66. The third-order valence-corrected chi connectivity index (χ3v) is 3.66. The second kappa shape index (κ2) is 4.44. The number of aromatic hydroxyl groups is 1. The van der Waals surface area contributed by atoms with Gasteiger partial charge in [-0.1, -0.05) is 31.0 Å². The van der Waals surface area contributed by atoms with Gasteiger partial charge in [0.05, 0.1) is 0 Å². The van der Waals surface area contributed by atoms with E-state index in [1.165, 1.54) is 6.42 Å². The van der Waals surface area contributed by atoms with Crippen LogP contribution in [-0.2, 0) is 6.42 Å². The largest absolute Gasteiger partial charge is 0.508 e. The minimum atomic E-state index is -0.350. The maximum absolute atomic E-state index is 9.75. The van der Waals surface area contributed by atoms with Crippen molar-refractivity contribution in [2.45, 2.75) is 43.7 Å². The Kier molecular flexibility index (Phi) is 3.17. The van der Waals surface area contributed by atoms with Gasteiger partial charge in [-0.3, -0.25) is 0 Å². The van der Waals surface area contributed by atoms with Crippen LogP contribution in [0.4, 0.5) is 0 Å². The summed E-state index contributed by atoms with van der Waals surface area (Å²) in [4.78, 5) is 0. The lowest BCUT2D eigenvalue weighted by atomic mass is 9.75. The lowest BCUT2D eigenvalue weighted by Crippen LogP contribution is -2.58. The van der Waals surface area contributed by atoms with Crippen LogP contribution in [0.2, 0.25) is 0 Å². The Morgan fingerprint density at radius 3 is 2.75 bits per heavy atom. The number of para-hydroxylation sites is 1. The first-order chi connectivity index (χ1) is 7.62. The van der Waals surface area contributed by atoms with E-state index in [0.29, 0.717) is 12.2 Å². The zero-order chi connectivity index (χ0) is 11.6. The summed E-state index contributed by atoms with van der Waals surface area (Å²) in [6, 6.07) is 7.41. The molecule has 16 heavy (non-hydrogen) atoms. The van der Waals surface area contributed by atoms with Gasteiger partial charge in [0.2, 0.25) is 0 Å². The molecule has 5 N–H and O–H groups in total. The molecule has 1 aliphatic carbocycles. The Bertz CT molecular complexity index is 367. The summed E-state index contributed by atoms with van der Waals surface area (Å²) in [5.41, 5.74) is 13.0. The molecule has 1 aromatic carbocycles. The van der Waals surface area contributed by atoms with Crippen LogP contribution in [0.5, 0.6) is 5.75 Å². The molecule has 0 aliphatic heterocycles. The molecule has 3 heteroatoms. The number of nitrogens with two attached hydrogens (primary N) is 2. The number of benzene rings is 1. The van der Waals surface area contributed by atoms with E-state index < -0.39 is 0 Å². The normalized spacial score (nSPS) is 30.2. The first kappa shape index (κ1) is 11.4. The van der Waals surface area contributed by atoms with Crippen molar-refractivity contribution in [3.63, 3.8) is 0 Å². The van der Waals surface area contributed by atoms with E-state index >= 15 is 0 Å². The second-order valence-electron chi connectivity index (χ2n) is 4.89. The molecule has 1 fully saturated rings. The lowest BCUT2D eigenvalue weighted by molar-refractivity contribution is 0.249.